The smallest absolute Gasteiger partial charge is 0.167 e. The summed E-state index contributed by atoms with van der Waals surface area (Å²) >= 11 is 5.61. The number of carbonyl (C=O) groups is 1. The van der Waals surface area contributed by atoms with E-state index in [9.17, 15) is 9.18 Å². The second-order valence-electron chi connectivity index (χ2n) is 4.31. The first-order valence-corrected chi connectivity index (χ1v) is 6.68. The van der Waals surface area contributed by atoms with E-state index in [0.29, 0.717) is 23.5 Å². The van der Waals surface area contributed by atoms with Crippen LogP contribution in [0.2, 0.25) is 5.02 Å². The van der Waals surface area contributed by atoms with Crippen LogP contribution in [0.25, 0.3) is 0 Å². The van der Waals surface area contributed by atoms with E-state index in [1.807, 2.05) is 6.92 Å². The van der Waals surface area contributed by atoms with Gasteiger partial charge in [-0.3, -0.25) is 4.79 Å². The summed E-state index contributed by atoms with van der Waals surface area (Å²) < 4.78 is 18.7. The van der Waals surface area contributed by atoms with Crippen LogP contribution in [-0.2, 0) is 6.42 Å². The molecule has 0 heterocycles. The van der Waals surface area contributed by atoms with Gasteiger partial charge in [0, 0.05) is 12.0 Å². The average Bonchev–Trinajstić information content (AvgIpc) is 2.43. The molecular formula is C16H14ClFO2. The predicted octanol–water partition coefficient (Wildman–Crippen LogP) is 4.30. The number of carbonyl (C=O) groups excluding carboxylic acids is 1. The number of halogens is 2. The first-order valence-electron chi connectivity index (χ1n) is 6.30. The summed E-state index contributed by atoms with van der Waals surface area (Å²) in [5.74, 6) is 0.0499. The van der Waals surface area contributed by atoms with Crippen molar-refractivity contribution < 1.29 is 13.9 Å². The molecule has 0 saturated carbocycles. The Kier molecular flexibility index (Phi) is 4.74. The Labute approximate surface area is 122 Å². The minimum absolute atomic E-state index is 0.0551. The maximum atomic E-state index is 13.3. The Hall–Kier alpha value is -1.87. The molecule has 0 N–H and O–H groups in total. The second kappa shape index (κ2) is 6.53. The van der Waals surface area contributed by atoms with E-state index in [0.717, 1.165) is 0 Å². The molecule has 0 unspecified atom stereocenters. The quantitative estimate of drug-likeness (QED) is 0.768. The van der Waals surface area contributed by atoms with E-state index in [-0.39, 0.29) is 17.2 Å². The van der Waals surface area contributed by atoms with Gasteiger partial charge in [-0.1, -0.05) is 29.8 Å². The highest BCUT2D eigenvalue weighted by Gasteiger charge is 2.10. The number of ketones is 1. The molecule has 0 aromatic heterocycles. The Morgan fingerprint density at radius 1 is 1.25 bits per heavy atom. The van der Waals surface area contributed by atoms with Crippen LogP contribution in [0.3, 0.4) is 0 Å². The summed E-state index contributed by atoms with van der Waals surface area (Å²) in [6, 6.07) is 11.4. The van der Waals surface area contributed by atoms with Crippen LogP contribution in [0.1, 0.15) is 22.8 Å². The number of ether oxygens (including phenoxy) is 1. The van der Waals surface area contributed by atoms with Gasteiger partial charge >= 0.3 is 0 Å². The van der Waals surface area contributed by atoms with Crippen LogP contribution in [0.15, 0.2) is 42.5 Å². The molecular weight excluding hydrogens is 279 g/mol. The maximum absolute atomic E-state index is 13.3. The third-order valence-electron chi connectivity index (χ3n) is 2.82. The number of benzene rings is 2. The van der Waals surface area contributed by atoms with Crippen LogP contribution >= 0.6 is 11.6 Å². The lowest BCUT2D eigenvalue weighted by Crippen LogP contribution is -2.04. The maximum Gasteiger partial charge on any atom is 0.167 e. The van der Waals surface area contributed by atoms with E-state index in [1.54, 1.807) is 30.3 Å². The standard InChI is InChI=1S/C16H14ClFO2/c1-2-20-13-5-3-4-12(10-13)16(19)9-11-6-7-14(17)15(18)8-11/h3-8,10H,2,9H2,1H3. The highest BCUT2D eigenvalue weighted by molar-refractivity contribution is 6.30. The van der Waals surface area contributed by atoms with Crippen LogP contribution < -0.4 is 4.74 Å². The highest BCUT2D eigenvalue weighted by atomic mass is 35.5. The predicted molar refractivity (Wildman–Crippen MR) is 77.1 cm³/mol. The summed E-state index contributed by atoms with van der Waals surface area (Å²) in [4.78, 5) is 12.2. The van der Waals surface area contributed by atoms with Crippen molar-refractivity contribution in [3.63, 3.8) is 0 Å². The van der Waals surface area contributed by atoms with Crippen molar-refractivity contribution in [1.29, 1.82) is 0 Å². The molecule has 104 valence electrons. The summed E-state index contributed by atoms with van der Waals surface area (Å²) in [6.07, 6.45) is 0.129. The number of Topliss-reactive ketones (excluding diaryl/α,β-unsaturated/α-hetero) is 1. The lowest BCUT2D eigenvalue weighted by molar-refractivity contribution is 0.0992. The van der Waals surface area contributed by atoms with Gasteiger partial charge in [-0.2, -0.15) is 0 Å². The van der Waals surface area contributed by atoms with Gasteiger partial charge in [-0.25, -0.2) is 4.39 Å². The van der Waals surface area contributed by atoms with Crippen molar-refractivity contribution in [1.82, 2.24) is 0 Å². The molecule has 2 aromatic rings. The molecule has 2 rings (SSSR count). The topological polar surface area (TPSA) is 26.3 Å². The van der Waals surface area contributed by atoms with Gasteiger partial charge in [0.15, 0.2) is 5.78 Å². The fraction of sp³-hybridized carbons (Fsp3) is 0.188. The first kappa shape index (κ1) is 14.5. The molecule has 2 nitrogen and oxygen atoms in total. The Morgan fingerprint density at radius 2 is 2.05 bits per heavy atom. The third-order valence-corrected chi connectivity index (χ3v) is 3.12. The molecule has 0 atom stereocenters. The van der Waals surface area contributed by atoms with E-state index in [1.165, 1.54) is 12.1 Å². The largest absolute Gasteiger partial charge is 0.494 e. The zero-order chi connectivity index (χ0) is 14.5. The van der Waals surface area contributed by atoms with Crippen LogP contribution in [0.4, 0.5) is 4.39 Å². The van der Waals surface area contributed by atoms with Crippen LogP contribution in [-0.4, -0.2) is 12.4 Å². The number of rotatable bonds is 5. The second-order valence-corrected chi connectivity index (χ2v) is 4.72. The molecule has 0 aliphatic carbocycles. The van der Waals surface area contributed by atoms with E-state index in [4.69, 9.17) is 16.3 Å². The van der Waals surface area contributed by atoms with Gasteiger partial charge in [0.25, 0.3) is 0 Å². The van der Waals surface area contributed by atoms with E-state index >= 15 is 0 Å². The van der Waals surface area contributed by atoms with Gasteiger partial charge in [-0.05, 0) is 36.8 Å². The Bertz CT molecular complexity index is 626. The van der Waals surface area contributed by atoms with Gasteiger partial charge in [0.2, 0.25) is 0 Å². The lowest BCUT2D eigenvalue weighted by atomic mass is 10.0. The van der Waals surface area contributed by atoms with Crippen LogP contribution in [0, 0.1) is 5.82 Å². The highest BCUT2D eigenvalue weighted by Crippen LogP contribution is 2.18. The van der Waals surface area contributed by atoms with Gasteiger partial charge in [-0.15, -0.1) is 0 Å². The SMILES string of the molecule is CCOc1cccc(C(=O)Cc2ccc(Cl)c(F)c2)c1. The summed E-state index contributed by atoms with van der Waals surface area (Å²) in [6.45, 7) is 2.42. The minimum Gasteiger partial charge on any atom is -0.494 e. The fourth-order valence-corrected chi connectivity index (χ4v) is 1.98. The third kappa shape index (κ3) is 3.58. The molecule has 0 bridgehead atoms. The lowest BCUT2D eigenvalue weighted by Gasteiger charge is -2.06. The van der Waals surface area contributed by atoms with E-state index in [2.05, 4.69) is 0 Å². The number of hydrogen-bond acceptors (Lipinski definition) is 2. The average molecular weight is 293 g/mol. The van der Waals surface area contributed by atoms with Crippen molar-refractivity contribution in [3.8, 4) is 5.75 Å². The summed E-state index contributed by atoms with van der Waals surface area (Å²) in [5.41, 5.74) is 1.14. The van der Waals surface area contributed by atoms with Crippen molar-refractivity contribution in [3.05, 3.63) is 64.4 Å². The molecule has 0 aliphatic rings. The van der Waals surface area contributed by atoms with Crippen molar-refractivity contribution in [2.24, 2.45) is 0 Å². The Balaban J connectivity index is 2.15. The number of hydrogen-bond donors (Lipinski definition) is 0. The van der Waals surface area contributed by atoms with Gasteiger partial charge in [0.1, 0.15) is 11.6 Å². The minimum atomic E-state index is -0.514. The first-order chi connectivity index (χ1) is 9.60. The van der Waals surface area contributed by atoms with E-state index < -0.39 is 5.82 Å². The van der Waals surface area contributed by atoms with Gasteiger partial charge in [0.05, 0.1) is 11.6 Å². The van der Waals surface area contributed by atoms with Crippen molar-refractivity contribution in [2.45, 2.75) is 13.3 Å². The summed E-state index contributed by atoms with van der Waals surface area (Å²) in [5, 5.41) is 0.0551. The molecule has 20 heavy (non-hydrogen) atoms. The zero-order valence-corrected chi connectivity index (χ0v) is 11.8. The van der Waals surface area contributed by atoms with Crippen LogP contribution in [0.5, 0.6) is 5.75 Å². The molecule has 0 saturated heterocycles. The fourth-order valence-electron chi connectivity index (χ4n) is 1.86. The molecule has 0 amide bonds. The summed E-state index contributed by atoms with van der Waals surface area (Å²) in [7, 11) is 0. The molecule has 0 radical (unpaired) electrons. The molecule has 0 spiro atoms. The molecule has 4 heteroatoms. The molecule has 2 aromatic carbocycles. The van der Waals surface area contributed by atoms with Crippen molar-refractivity contribution >= 4 is 17.4 Å². The zero-order valence-electron chi connectivity index (χ0n) is 11.0. The van der Waals surface area contributed by atoms with Crippen molar-refractivity contribution in [2.75, 3.05) is 6.61 Å². The van der Waals surface area contributed by atoms with Gasteiger partial charge < -0.3 is 4.74 Å². The monoisotopic (exact) mass is 292 g/mol. The normalized spacial score (nSPS) is 10.3. The molecule has 0 aliphatic heterocycles. The molecule has 0 fully saturated rings. The Morgan fingerprint density at radius 3 is 2.75 bits per heavy atom.